The second-order valence-electron chi connectivity index (χ2n) is 6.03. The van der Waals surface area contributed by atoms with Crippen molar-refractivity contribution in [1.82, 2.24) is 5.32 Å². The highest BCUT2D eigenvalue weighted by atomic mass is 19.4. The molecule has 0 aliphatic rings. The second kappa shape index (κ2) is 7.70. The first-order valence-corrected chi connectivity index (χ1v) is 7.98. The minimum Gasteiger partial charge on any atom is -0.325 e. The lowest BCUT2D eigenvalue weighted by Gasteiger charge is -2.21. The summed E-state index contributed by atoms with van der Waals surface area (Å²) in [5.41, 5.74) is 1.80. The molecule has 0 saturated heterocycles. The average Bonchev–Trinajstić information content (AvgIpc) is 2.54. The van der Waals surface area contributed by atoms with Gasteiger partial charge in [-0.2, -0.15) is 13.2 Å². The molecule has 0 heterocycles. The molecule has 0 aromatic heterocycles. The normalized spacial score (nSPS) is 14.0. The Labute approximate surface area is 145 Å². The summed E-state index contributed by atoms with van der Waals surface area (Å²) in [6, 6.07) is 11.7. The molecule has 3 nitrogen and oxygen atoms in total. The van der Waals surface area contributed by atoms with Crippen LogP contribution < -0.4 is 10.6 Å². The lowest BCUT2D eigenvalue weighted by Crippen LogP contribution is -2.39. The molecule has 2 rings (SSSR count). The van der Waals surface area contributed by atoms with Gasteiger partial charge in [-0.15, -0.1) is 0 Å². The van der Waals surface area contributed by atoms with Gasteiger partial charge in [0.2, 0.25) is 5.91 Å². The zero-order valence-electron chi connectivity index (χ0n) is 14.3. The van der Waals surface area contributed by atoms with Crippen molar-refractivity contribution in [1.29, 1.82) is 0 Å². The van der Waals surface area contributed by atoms with Crippen molar-refractivity contribution in [2.75, 3.05) is 5.32 Å². The number of alkyl halides is 3. The summed E-state index contributed by atoms with van der Waals surface area (Å²) < 4.78 is 37.7. The zero-order chi connectivity index (χ0) is 18.6. The van der Waals surface area contributed by atoms with Crippen molar-refractivity contribution in [2.45, 2.75) is 39.0 Å². The molecule has 0 radical (unpaired) electrons. The third-order valence-corrected chi connectivity index (χ3v) is 4.03. The van der Waals surface area contributed by atoms with Gasteiger partial charge < -0.3 is 5.32 Å². The fourth-order valence-corrected chi connectivity index (χ4v) is 2.61. The molecular weight excluding hydrogens is 329 g/mol. The first kappa shape index (κ1) is 19.0. The van der Waals surface area contributed by atoms with Gasteiger partial charge in [0.1, 0.15) is 0 Å². The molecule has 2 atom stereocenters. The van der Waals surface area contributed by atoms with Crippen molar-refractivity contribution < 1.29 is 18.0 Å². The predicted molar refractivity (Wildman–Crippen MR) is 92.3 cm³/mol. The zero-order valence-corrected chi connectivity index (χ0v) is 14.3. The Hall–Kier alpha value is -2.34. The molecule has 0 aliphatic heterocycles. The van der Waals surface area contributed by atoms with Crippen molar-refractivity contribution in [3.8, 4) is 0 Å². The van der Waals surface area contributed by atoms with Crippen molar-refractivity contribution in [2.24, 2.45) is 0 Å². The predicted octanol–water partition coefficient (Wildman–Crippen LogP) is 4.69. The molecule has 134 valence electrons. The topological polar surface area (TPSA) is 41.1 Å². The second-order valence-corrected chi connectivity index (χ2v) is 6.03. The van der Waals surface area contributed by atoms with Gasteiger partial charge in [0.25, 0.3) is 0 Å². The van der Waals surface area contributed by atoms with E-state index in [0.29, 0.717) is 5.69 Å². The molecule has 6 heteroatoms. The van der Waals surface area contributed by atoms with Crippen LogP contribution in [0.5, 0.6) is 0 Å². The summed E-state index contributed by atoms with van der Waals surface area (Å²) in [6.07, 6.45) is -4.39. The van der Waals surface area contributed by atoms with E-state index in [9.17, 15) is 18.0 Å². The molecular formula is C19H21F3N2O. The summed E-state index contributed by atoms with van der Waals surface area (Å²) in [4.78, 5) is 12.3. The Balaban J connectivity index is 1.97. The SMILES string of the molecule is Cc1ccccc1[C@@H](C)N[C@@H](C)C(=O)Nc1ccc(C(F)(F)F)cc1. The number of hydrogen-bond acceptors (Lipinski definition) is 2. The van der Waals surface area contributed by atoms with E-state index in [0.717, 1.165) is 23.3 Å². The Morgan fingerprint density at radius 1 is 1.00 bits per heavy atom. The summed E-state index contributed by atoms with van der Waals surface area (Å²) >= 11 is 0. The Morgan fingerprint density at radius 3 is 2.16 bits per heavy atom. The van der Waals surface area contributed by atoms with E-state index in [4.69, 9.17) is 0 Å². The molecule has 0 aliphatic carbocycles. The molecule has 0 unspecified atom stereocenters. The molecule has 2 N–H and O–H groups in total. The van der Waals surface area contributed by atoms with E-state index in [1.165, 1.54) is 12.1 Å². The van der Waals surface area contributed by atoms with Crippen LogP contribution in [0.2, 0.25) is 0 Å². The maximum absolute atomic E-state index is 12.6. The monoisotopic (exact) mass is 350 g/mol. The number of carbonyl (C=O) groups excluding carboxylic acids is 1. The van der Waals surface area contributed by atoms with Gasteiger partial charge in [-0.3, -0.25) is 10.1 Å². The van der Waals surface area contributed by atoms with E-state index >= 15 is 0 Å². The van der Waals surface area contributed by atoms with Crippen LogP contribution in [0.1, 0.15) is 36.6 Å². The summed E-state index contributed by atoms with van der Waals surface area (Å²) in [7, 11) is 0. The first-order valence-electron chi connectivity index (χ1n) is 7.98. The van der Waals surface area contributed by atoms with Crippen molar-refractivity contribution in [3.63, 3.8) is 0 Å². The van der Waals surface area contributed by atoms with Gasteiger partial charge in [-0.25, -0.2) is 0 Å². The molecule has 1 amide bonds. The van der Waals surface area contributed by atoms with Crippen LogP contribution in [0.25, 0.3) is 0 Å². The number of aryl methyl sites for hydroxylation is 1. The minimum atomic E-state index is -4.39. The third-order valence-electron chi connectivity index (χ3n) is 4.03. The van der Waals surface area contributed by atoms with Gasteiger partial charge in [0.15, 0.2) is 0 Å². The van der Waals surface area contributed by atoms with Crippen molar-refractivity contribution >= 4 is 11.6 Å². The maximum Gasteiger partial charge on any atom is 0.416 e. The van der Waals surface area contributed by atoms with Gasteiger partial charge in [0, 0.05) is 11.7 Å². The molecule has 0 fully saturated rings. The number of hydrogen-bond donors (Lipinski definition) is 2. The fourth-order valence-electron chi connectivity index (χ4n) is 2.61. The third kappa shape index (κ3) is 5.06. The van der Waals surface area contributed by atoms with Gasteiger partial charge in [-0.1, -0.05) is 24.3 Å². The summed E-state index contributed by atoms with van der Waals surface area (Å²) in [5, 5.41) is 5.82. The van der Waals surface area contributed by atoms with E-state index < -0.39 is 17.8 Å². The molecule has 0 spiro atoms. The maximum atomic E-state index is 12.6. The molecule has 25 heavy (non-hydrogen) atoms. The highest BCUT2D eigenvalue weighted by Gasteiger charge is 2.30. The van der Waals surface area contributed by atoms with Crippen molar-refractivity contribution in [3.05, 3.63) is 65.2 Å². The number of amides is 1. The van der Waals surface area contributed by atoms with Crippen LogP contribution in [0.3, 0.4) is 0 Å². The van der Waals surface area contributed by atoms with E-state index in [2.05, 4.69) is 10.6 Å². The molecule has 2 aromatic carbocycles. The molecule has 0 bridgehead atoms. The van der Waals surface area contributed by atoms with E-state index in [1.807, 2.05) is 38.1 Å². The Bertz CT molecular complexity index is 726. The number of rotatable bonds is 5. The van der Waals surface area contributed by atoms with Crippen LogP contribution in [0.4, 0.5) is 18.9 Å². The molecule has 0 saturated carbocycles. The van der Waals surface area contributed by atoms with Gasteiger partial charge >= 0.3 is 6.18 Å². The standard InChI is InChI=1S/C19H21F3N2O/c1-12-6-4-5-7-17(12)13(2)23-14(3)18(25)24-16-10-8-15(9-11-16)19(20,21)22/h4-11,13-14,23H,1-3H3,(H,24,25)/t13-,14+/m1/s1. The van der Waals surface area contributed by atoms with Gasteiger partial charge in [-0.05, 0) is 56.2 Å². The summed E-state index contributed by atoms with van der Waals surface area (Å²) in [5.74, 6) is -0.305. The van der Waals surface area contributed by atoms with E-state index in [1.54, 1.807) is 6.92 Å². The van der Waals surface area contributed by atoms with Crippen LogP contribution in [-0.2, 0) is 11.0 Å². The first-order chi connectivity index (χ1) is 11.7. The number of nitrogens with one attached hydrogen (secondary N) is 2. The smallest absolute Gasteiger partial charge is 0.325 e. The average molecular weight is 350 g/mol. The fraction of sp³-hybridized carbons (Fsp3) is 0.316. The lowest BCUT2D eigenvalue weighted by molar-refractivity contribution is -0.137. The quantitative estimate of drug-likeness (QED) is 0.821. The largest absolute Gasteiger partial charge is 0.416 e. The Morgan fingerprint density at radius 2 is 1.60 bits per heavy atom. The van der Waals surface area contributed by atoms with Crippen LogP contribution in [0, 0.1) is 6.92 Å². The lowest BCUT2D eigenvalue weighted by atomic mass is 10.0. The highest BCUT2D eigenvalue weighted by molar-refractivity contribution is 5.94. The number of benzene rings is 2. The number of carbonyl (C=O) groups is 1. The number of anilines is 1. The minimum absolute atomic E-state index is 0.0328. The van der Waals surface area contributed by atoms with Crippen LogP contribution >= 0.6 is 0 Å². The number of halogens is 3. The highest BCUT2D eigenvalue weighted by Crippen LogP contribution is 2.29. The Kier molecular flexibility index (Phi) is 5.85. The van der Waals surface area contributed by atoms with Crippen LogP contribution in [0.15, 0.2) is 48.5 Å². The van der Waals surface area contributed by atoms with Gasteiger partial charge in [0.05, 0.1) is 11.6 Å². The van der Waals surface area contributed by atoms with Crippen LogP contribution in [-0.4, -0.2) is 11.9 Å². The summed E-state index contributed by atoms with van der Waals surface area (Å²) in [6.45, 7) is 5.68. The van der Waals surface area contributed by atoms with E-state index in [-0.39, 0.29) is 11.9 Å². The molecule has 2 aromatic rings.